The number of rotatable bonds is 7. The van der Waals surface area contributed by atoms with Crippen LogP contribution in [0.3, 0.4) is 0 Å². The molecule has 1 aromatic rings. The van der Waals surface area contributed by atoms with Gasteiger partial charge in [-0.05, 0) is 12.3 Å². The minimum Gasteiger partial charge on any atom is -0.370 e. The highest BCUT2D eigenvalue weighted by Gasteiger charge is 2.04. The molecule has 1 heterocycles. The van der Waals surface area contributed by atoms with Crippen molar-refractivity contribution in [2.75, 3.05) is 17.3 Å². The van der Waals surface area contributed by atoms with E-state index in [1.165, 1.54) is 0 Å². The second-order valence-electron chi connectivity index (χ2n) is 4.34. The molecule has 1 atom stereocenters. The lowest BCUT2D eigenvalue weighted by Gasteiger charge is -2.12. The van der Waals surface area contributed by atoms with Gasteiger partial charge in [-0.1, -0.05) is 27.2 Å². The van der Waals surface area contributed by atoms with Crippen molar-refractivity contribution in [1.29, 1.82) is 0 Å². The third kappa shape index (κ3) is 4.56. The van der Waals surface area contributed by atoms with Gasteiger partial charge >= 0.3 is 0 Å². The molecule has 5 nitrogen and oxygen atoms in total. The van der Waals surface area contributed by atoms with Crippen LogP contribution in [0.15, 0.2) is 6.07 Å². The molecular formula is C12H23N5. The molecule has 1 unspecified atom stereocenters. The van der Waals surface area contributed by atoms with Gasteiger partial charge < -0.3 is 10.7 Å². The first kappa shape index (κ1) is 13.7. The minimum absolute atomic E-state index is 0.633. The molecule has 0 radical (unpaired) electrons. The molecule has 0 bridgehead atoms. The topological polar surface area (TPSA) is 75.9 Å². The van der Waals surface area contributed by atoms with Gasteiger partial charge in [0.2, 0.25) is 0 Å². The van der Waals surface area contributed by atoms with Crippen LogP contribution < -0.4 is 16.6 Å². The summed E-state index contributed by atoms with van der Waals surface area (Å²) >= 11 is 0. The van der Waals surface area contributed by atoms with Crippen molar-refractivity contribution in [2.45, 2.75) is 40.0 Å². The maximum Gasteiger partial charge on any atom is 0.145 e. The van der Waals surface area contributed by atoms with Gasteiger partial charge in [-0.25, -0.2) is 15.8 Å². The lowest BCUT2D eigenvalue weighted by molar-refractivity contribution is 0.592. The van der Waals surface area contributed by atoms with Crippen LogP contribution in [-0.2, 0) is 6.42 Å². The largest absolute Gasteiger partial charge is 0.370 e. The summed E-state index contributed by atoms with van der Waals surface area (Å²) < 4.78 is 0. The van der Waals surface area contributed by atoms with Crippen LogP contribution in [0.2, 0.25) is 0 Å². The third-order valence-electron chi connectivity index (χ3n) is 2.72. The van der Waals surface area contributed by atoms with Crippen LogP contribution in [0.4, 0.5) is 11.6 Å². The molecule has 17 heavy (non-hydrogen) atoms. The van der Waals surface area contributed by atoms with E-state index in [9.17, 15) is 0 Å². The van der Waals surface area contributed by atoms with Crippen LogP contribution in [0.5, 0.6) is 0 Å². The first-order valence-corrected chi connectivity index (χ1v) is 6.28. The molecule has 0 aromatic carbocycles. The van der Waals surface area contributed by atoms with E-state index < -0.39 is 0 Å². The fraction of sp³-hybridized carbons (Fsp3) is 0.667. The maximum absolute atomic E-state index is 5.40. The Morgan fingerprint density at radius 2 is 2.00 bits per heavy atom. The Morgan fingerprint density at radius 3 is 2.59 bits per heavy atom. The van der Waals surface area contributed by atoms with Crippen molar-refractivity contribution in [3.63, 3.8) is 0 Å². The predicted molar refractivity (Wildman–Crippen MR) is 71.8 cm³/mol. The van der Waals surface area contributed by atoms with Crippen LogP contribution in [0.25, 0.3) is 0 Å². The molecule has 0 fully saturated rings. The van der Waals surface area contributed by atoms with E-state index in [4.69, 9.17) is 5.84 Å². The summed E-state index contributed by atoms with van der Waals surface area (Å²) in [5, 5.41) is 3.32. The Labute approximate surface area is 103 Å². The Hall–Kier alpha value is -1.36. The van der Waals surface area contributed by atoms with Crippen molar-refractivity contribution < 1.29 is 0 Å². The minimum atomic E-state index is 0.633. The van der Waals surface area contributed by atoms with Crippen molar-refractivity contribution in [3.8, 4) is 0 Å². The number of aryl methyl sites for hydroxylation is 1. The van der Waals surface area contributed by atoms with Crippen LogP contribution in [0, 0.1) is 5.92 Å². The van der Waals surface area contributed by atoms with Gasteiger partial charge in [0.05, 0.1) is 0 Å². The predicted octanol–water partition coefficient (Wildman–Crippen LogP) is 2.17. The lowest BCUT2D eigenvalue weighted by atomic mass is 10.1. The molecule has 1 aromatic heterocycles. The molecule has 1 rings (SSSR count). The van der Waals surface area contributed by atoms with Gasteiger partial charge in [0.25, 0.3) is 0 Å². The van der Waals surface area contributed by atoms with E-state index in [0.29, 0.717) is 11.7 Å². The van der Waals surface area contributed by atoms with Gasteiger partial charge in [0.15, 0.2) is 0 Å². The molecule has 0 aliphatic heterocycles. The second kappa shape index (κ2) is 7.06. The highest BCUT2D eigenvalue weighted by molar-refractivity contribution is 5.46. The number of nitrogens with two attached hydrogens (primary N) is 1. The van der Waals surface area contributed by atoms with E-state index in [1.54, 1.807) is 0 Å². The van der Waals surface area contributed by atoms with Gasteiger partial charge in [0, 0.05) is 19.0 Å². The van der Waals surface area contributed by atoms with Gasteiger partial charge in [-0.15, -0.1) is 0 Å². The summed E-state index contributed by atoms with van der Waals surface area (Å²) in [6, 6.07) is 1.83. The summed E-state index contributed by atoms with van der Waals surface area (Å²) in [6.45, 7) is 7.42. The van der Waals surface area contributed by atoms with Crippen molar-refractivity contribution >= 4 is 11.6 Å². The average Bonchev–Trinajstić information content (AvgIpc) is 2.36. The molecule has 0 saturated carbocycles. The zero-order chi connectivity index (χ0) is 12.7. The van der Waals surface area contributed by atoms with Crippen LogP contribution in [-0.4, -0.2) is 16.5 Å². The van der Waals surface area contributed by atoms with E-state index in [-0.39, 0.29) is 0 Å². The number of nitrogens with zero attached hydrogens (tertiary/aromatic N) is 2. The number of anilines is 2. The number of hydrazine groups is 1. The lowest BCUT2D eigenvalue weighted by Crippen LogP contribution is -2.15. The van der Waals surface area contributed by atoms with Crippen molar-refractivity contribution in [3.05, 3.63) is 11.9 Å². The van der Waals surface area contributed by atoms with Gasteiger partial charge in [-0.2, -0.15) is 0 Å². The number of hydrogen-bond acceptors (Lipinski definition) is 5. The Morgan fingerprint density at radius 1 is 1.29 bits per heavy atom. The van der Waals surface area contributed by atoms with Gasteiger partial charge in [0.1, 0.15) is 17.5 Å². The summed E-state index contributed by atoms with van der Waals surface area (Å²) in [7, 11) is 0. The molecule has 4 N–H and O–H groups in total. The SMILES string of the molecule is CCCc1nc(NN)cc(NCC(C)CC)n1. The molecule has 0 amide bonds. The van der Waals surface area contributed by atoms with E-state index >= 15 is 0 Å². The molecule has 5 heteroatoms. The maximum atomic E-state index is 5.40. The first-order chi connectivity index (χ1) is 8.19. The normalized spacial score (nSPS) is 12.2. The van der Waals surface area contributed by atoms with E-state index in [0.717, 1.165) is 37.4 Å². The summed E-state index contributed by atoms with van der Waals surface area (Å²) in [4.78, 5) is 8.76. The fourth-order valence-corrected chi connectivity index (χ4v) is 1.42. The number of nitrogen functional groups attached to an aromatic ring is 1. The zero-order valence-electron chi connectivity index (χ0n) is 11.0. The van der Waals surface area contributed by atoms with E-state index in [2.05, 4.69) is 41.5 Å². The summed E-state index contributed by atoms with van der Waals surface area (Å²) in [5.41, 5.74) is 2.58. The van der Waals surface area contributed by atoms with Crippen LogP contribution in [0.1, 0.15) is 39.4 Å². The highest BCUT2D eigenvalue weighted by atomic mass is 15.3. The van der Waals surface area contributed by atoms with Crippen LogP contribution >= 0.6 is 0 Å². The first-order valence-electron chi connectivity index (χ1n) is 6.28. The zero-order valence-corrected chi connectivity index (χ0v) is 11.0. The molecule has 0 aliphatic carbocycles. The highest BCUT2D eigenvalue weighted by Crippen LogP contribution is 2.12. The molecule has 0 spiro atoms. The van der Waals surface area contributed by atoms with Crippen molar-refractivity contribution in [2.24, 2.45) is 11.8 Å². The molecule has 96 valence electrons. The Balaban J connectivity index is 2.72. The number of aromatic nitrogens is 2. The summed E-state index contributed by atoms with van der Waals surface area (Å²) in [6.07, 6.45) is 3.05. The second-order valence-corrected chi connectivity index (χ2v) is 4.34. The monoisotopic (exact) mass is 237 g/mol. The third-order valence-corrected chi connectivity index (χ3v) is 2.72. The van der Waals surface area contributed by atoms with Crippen molar-refractivity contribution in [1.82, 2.24) is 9.97 Å². The Bertz CT molecular complexity index is 340. The average molecular weight is 237 g/mol. The molecular weight excluding hydrogens is 214 g/mol. The number of hydrogen-bond donors (Lipinski definition) is 3. The van der Waals surface area contributed by atoms with E-state index in [1.807, 2.05) is 6.07 Å². The quantitative estimate of drug-likeness (QED) is 0.500. The standard InChI is InChI=1S/C12H23N5/c1-4-6-10-15-11(7-12(16-10)17-13)14-8-9(3)5-2/h7,9H,4-6,8,13H2,1-3H3,(H2,14,15,16,17). The van der Waals surface area contributed by atoms with Gasteiger partial charge in [-0.3, -0.25) is 0 Å². The fourth-order valence-electron chi connectivity index (χ4n) is 1.42. The molecule has 0 aliphatic rings. The number of nitrogens with one attached hydrogen (secondary N) is 2. The molecule has 0 saturated heterocycles. The Kier molecular flexibility index (Phi) is 5.69. The smallest absolute Gasteiger partial charge is 0.145 e. The summed E-state index contributed by atoms with van der Waals surface area (Å²) in [5.74, 6) is 8.37.